The highest BCUT2D eigenvalue weighted by Crippen LogP contribution is 2.32. The van der Waals surface area contributed by atoms with Crippen molar-refractivity contribution in [2.75, 3.05) is 11.9 Å². The van der Waals surface area contributed by atoms with Crippen LogP contribution in [0.3, 0.4) is 0 Å². The summed E-state index contributed by atoms with van der Waals surface area (Å²) in [6, 6.07) is 19.8. The molecule has 0 amide bonds. The monoisotopic (exact) mass is 341 g/mol. The molecule has 1 heterocycles. The normalized spacial score (nSPS) is 20.2. The van der Waals surface area contributed by atoms with Crippen LogP contribution in [-0.2, 0) is 0 Å². The molecule has 2 N–H and O–H groups in total. The Morgan fingerprint density at radius 1 is 0.917 bits per heavy atom. The molecule has 4 heteroatoms. The van der Waals surface area contributed by atoms with E-state index in [9.17, 15) is 0 Å². The predicted molar refractivity (Wildman–Crippen MR) is 103 cm³/mol. The summed E-state index contributed by atoms with van der Waals surface area (Å²) in [5.74, 6) is 1.24. The minimum atomic E-state index is 0. The van der Waals surface area contributed by atoms with Crippen molar-refractivity contribution in [3.63, 3.8) is 0 Å². The lowest BCUT2D eigenvalue weighted by Gasteiger charge is -2.18. The Balaban J connectivity index is 0.00000169. The number of aliphatic imine (C=N–C) groups is 1. The highest BCUT2D eigenvalue weighted by Gasteiger charge is 2.23. The summed E-state index contributed by atoms with van der Waals surface area (Å²) in [4.78, 5) is 4.85. The zero-order valence-corrected chi connectivity index (χ0v) is 14.6. The molecule has 2 aromatic rings. The molecule has 3 nitrogen and oxygen atoms in total. The van der Waals surface area contributed by atoms with Crippen LogP contribution in [0.25, 0.3) is 0 Å². The third kappa shape index (κ3) is 3.57. The Hall–Kier alpha value is -2.00. The zero-order chi connectivity index (χ0) is 15.5. The van der Waals surface area contributed by atoms with E-state index in [1.165, 1.54) is 42.5 Å². The third-order valence-electron chi connectivity index (χ3n) is 4.92. The summed E-state index contributed by atoms with van der Waals surface area (Å²) in [5, 5.41) is 7.13. The van der Waals surface area contributed by atoms with Crippen molar-refractivity contribution in [2.24, 2.45) is 4.99 Å². The van der Waals surface area contributed by atoms with E-state index in [1.54, 1.807) is 0 Å². The first kappa shape index (κ1) is 16.8. The maximum absolute atomic E-state index is 4.85. The van der Waals surface area contributed by atoms with Crippen molar-refractivity contribution in [2.45, 2.75) is 37.6 Å². The quantitative estimate of drug-likeness (QED) is 0.840. The third-order valence-corrected chi connectivity index (χ3v) is 4.92. The van der Waals surface area contributed by atoms with Crippen molar-refractivity contribution >= 4 is 24.1 Å². The van der Waals surface area contributed by atoms with Crippen LogP contribution >= 0.6 is 12.4 Å². The van der Waals surface area contributed by atoms with Crippen LogP contribution in [0.1, 0.15) is 42.7 Å². The van der Waals surface area contributed by atoms with Crippen molar-refractivity contribution in [3.05, 3.63) is 65.7 Å². The second-order valence-corrected chi connectivity index (χ2v) is 6.49. The fraction of sp³-hybridized carbons (Fsp3) is 0.350. The number of hydrogen-bond donors (Lipinski definition) is 2. The van der Waals surface area contributed by atoms with Gasteiger partial charge in [0, 0.05) is 17.6 Å². The molecule has 126 valence electrons. The maximum atomic E-state index is 4.85. The van der Waals surface area contributed by atoms with Crippen LogP contribution in [0.2, 0.25) is 0 Å². The van der Waals surface area contributed by atoms with Crippen molar-refractivity contribution < 1.29 is 0 Å². The van der Waals surface area contributed by atoms with Gasteiger partial charge in [-0.15, -0.1) is 12.4 Å². The van der Waals surface area contributed by atoms with E-state index >= 15 is 0 Å². The molecular weight excluding hydrogens is 318 g/mol. The van der Waals surface area contributed by atoms with Crippen molar-refractivity contribution in [1.29, 1.82) is 0 Å². The minimum Gasteiger partial charge on any atom is -0.353 e. The van der Waals surface area contributed by atoms with E-state index in [-0.39, 0.29) is 12.4 Å². The Morgan fingerprint density at radius 2 is 1.62 bits per heavy atom. The fourth-order valence-corrected chi connectivity index (χ4v) is 3.68. The molecule has 1 saturated carbocycles. The van der Waals surface area contributed by atoms with E-state index in [0.29, 0.717) is 12.0 Å². The van der Waals surface area contributed by atoms with Gasteiger partial charge in [-0.3, -0.25) is 4.99 Å². The molecule has 1 atom stereocenters. The number of nitrogens with zero attached hydrogens (tertiary/aromatic N) is 1. The molecule has 1 aliphatic heterocycles. The summed E-state index contributed by atoms with van der Waals surface area (Å²) in [5.41, 5.74) is 3.82. The molecule has 0 spiro atoms. The molecule has 1 fully saturated rings. The summed E-state index contributed by atoms with van der Waals surface area (Å²) < 4.78 is 0. The Bertz CT molecular complexity index is 693. The highest BCUT2D eigenvalue weighted by molar-refractivity contribution is 5.95. The molecule has 0 bridgehead atoms. The first-order valence-electron chi connectivity index (χ1n) is 8.62. The number of rotatable bonds is 2. The lowest BCUT2D eigenvalue weighted by atomic mass is 9.90. The van der Waals surface area contributed by atoms with Gasteiger partial charge in [0.05, 0.1) is 6.54 Å². The number of fused-ring (bicyclic) bond motifs is 1. The smallest absolute Gasteiger partial charge is 0.196 e. The van der Waals surface area contributed by atoms with Crippen LogP contribution in [0, 0.1) is 0 Å². The average molecular weight is 342 g/mol. The van der Waals surface area contributed by atoms with Gasteiger partial charge < -0.3 is 10.6 Å². The maximum Gasteiger partial charge on any atom is 0.196 e. The molecule has 1 unspecified atom stereocenters. The predicted octanol–water partition coefficient (Wildman–Crippen LogP) is 4.55. The molecule has 24 heavy (non-hydrogen) atoms. The Morgan fingerprint density at radius 3 is 2.42 bits per heavy atom. The molecular formula is C20H24ClN3. The van der Waals surface area contributed by atoms with Gasteiger partial charge in [-0.1, -0.05) is 61.4 Å². The van der Waals surface area contributed by atoms with Gasteiger partial charge in [0.2, 0.25) is 0 Å². The SMILES string of the molecule is Cl.c1ccc(C2CN=C(NC3CCCC3)Nc3ccccc32)cc1. The molecule has 4 rings (SSSR count). The van der Waals surface area contributed by atoms with Crippen LogP contribution < -0.4 is 10.6 Å². The molecule has 2 aromatic carbocycles. The van der Waals surface area contributed by atoms with Gasteiger partial charge in [0.15, 0.2) is 5.96 Å². The van der Waals surface area contributed by atoms with E-state index in [1.807, 2.05) is 0 Å². The standard InChI is InChI=1S/C20H23N3.ClH/c1-2-8-15(9-3-1)18-14-21-20(22-16-10-4-5-11-16)23-19-13-7-6-12-17(18)19;/h1-3,6-9,12-13,16,18H,4-5,10-11,14H2,(H2,21,22,23);1H. The number of halogens is 1. The number of guanidine groups is 1. The molecule has 1 aliphatic carbocycles. The van der Waals surface area contributed by atoms with Crippen LogP contribution in [0.15, 0.2) is 59.6 Å². The fourth-order valence-electron chi connectivity index (χ4n) is 3.68. The van der Waals surface area contributed by atoms with E-state index in [2.05, 4.69) is 65.2 Å². The van der Waals surface area contributed by atoms with Crippen molar-refractivity contribution in [1.82, 2.24) is 5.32 Å². The zero-order valence-electron chi connectivity index (χ0n) is 13.7. The number of benzene rings is 2. The topological polar surface area (TPSA) is 36.4 Å². The van der Waals surface area contributed by atoms with E-state index in [4.69, 9.17) is 4.99 Å². The molecule has 2 aliphatic rings. The van der Waals surface area contributed by atoms with E-state index < -0.39 is 0 Å². The first-order chi connectivity index (χ1) is 11.4. The van der Waals surface area contributed by atoms with Crippen LogP contribution in [-0.4, -0.2) is 18.5 Å². The molecule has 0 radical (unpaired) electrons. The average Bonchev–Trinajstić information content (AvgIpc) is 3.03. The summed E-state index contributed by atoms with van der Waals surface area (Å²) in [6.45, 7) is 0.781. The van der Waals surface area contributed by atoms with Crippen LogP contribution in [0.4, 0.5) is 5.69 Å². The van der Waals surface area contributed by atoms with Gasteiger partial charge in [0.1, 0.15) is 0 Å². The molecule has 0 saturated heterocycles. The van der Waals surface area contributed by atoms with E-state index in [0.717, 1.165) is 12.5 Å². The first-order valence-corrected chi connectivity index (χ1v) is 8.62. The number of nitrogens with one attached hydrogen (secondary N) is 2. The van der Waals surface area contributed by atoms with Gasteiger partial charge in [-0.25, -0.2) is 0 Å². The molecule has 0 aromatic heterocycles. The number of hydrogen-bond acceptors (Lipinski definition) is 3. The summed E-state index contributed by atoms with van der Waals surface area (Å²) >= 11 is 0. The lowest BCUT2D eigenvalue weighted by Crippen LogP contribution is -2.37. The minimum absolute atomic E-state index is 0. The second kappa shape index (κ2) is 7.71. The number of anilines is 1. The van der Waals surface area contributed by atoms with Crippen LogP contribution in [0.5, 0.6) is 0 Å². The summed E-state index contributed by atoms with van der Waals surface area (Å²) in [6.07, 6.45) is 5.16. The number of para-hydroxylation sites is 1. The Kier molecular flexibility index (Phi) is 5.41. The Labute approximate surface area is 150 Å². The summed E-state index contributed by atoms with van der Waals surface area (Å²) in [7, 11) is 0. The van der Waals surface area contributed by atoms with Gasteiger partial charge >= 0.3 is 0 Å². The van der Waals surface area contributed by atoms with Gasteiger partial charge in [-0.05, 0) is 30.0 Å². The highest BCUT2D eigenvalue weighted by atomic mass is 35.5. The second-order valence-electron chi connectivity index (χ2n) is 6.49. The van der Waals surface area contributed by atoms with Crippen molar-refractivity contribution in [3.8, 4) is 0 Å². The van der Waals surface area contributed by atoms with Gasteiger partial charge in [0.25, 0.3) is 0 Å². The lowest BCUT2D eigenvalue weighted by molar-refractivity contribution is 0.627. The van der Waals surface area contributed by atoms with Gasteiger partial charge in [-0.2, -0.15) is 0 Å². The largest absolute Gasteiger partial charge is 0.353 e.